The van der Waals surface area contributed by atoms with Gasteiger partial charge in [0.2, 0.25) is 0 Å². The zero-order chi connectivity index (χ0) is 20.5. The summed E-state index contributed by atoms with van der Waals surface area (Å²) in [5.74, 6) is 0.753. The van der Waals surface area contributed by atoms with E-state index in [0.29, 0.717) is 13.1 Å². The van der Waals surface area contributed by atoms with Gasteiger partial charge in [-0.3, -0.25) is 9.89 Å². The highest BCUT2D eigenvalue weighted by Gasteiger charge is 2.18. The van der Waals surface area contributed by atoms with Gasteiger partial charge in [-0.15, -0.1) is 35.3 Å². The second-order valence-corrected chi connectivity index (χ2v) is 8.58. The molecule has 166 valence electrons. The maximum absolute atomic E-state index is 10.5. The van der Waals surface area contributed by atoms with Crippen LogP contribution in [0.2, 0.25) is 0 Å². The molecule has 3 N–H and O–H groups in total. The van der Waals surface area contributed by atoms with Crippen LogP contribution in [0.1, 0.15) is 34.9 Å². The van der Waals surface area contributed by atoms with E-state index in [-0.39, 0.29) is 24.0 Å². The summed E-state index contributed by atoms with van der Waals surface area (Å²) in [5.41, 5.74) is 2.80. The molecule has 2 heterocycles. The van der Waals surface area contributed by atoms with Gasteiger partial charge >= 0.3 is 0 Å². The number of halogens is 1. The molecule has 0 aliphatic carbocycles. The molecule has 30 heavy (non-hydrogen) atoms. The van der Waals surface area contributed by atoms with E-state index in [1.165, 1.54) is 16.0 Å². The topological polar surface area (TPSA) is 72.8 Å². The Hall–Kier alpha value is -1.23. The SMILES string of the molecule is CCNC(=NCC(O)CN1CCc2ccccc2C1)NCCc1ncc(CC)s1.I. The fourth-order valence-corrected chi connectivity index (χ4v) is 4.38. The van der Waals surface area contributed by atoms with Crippen molar-refractivity contribution in [3.63, 3.8) is 0 Å². The maximum atomic E-state index is 10.5. The van der Waals surface area contributed by atoms with Crippen LogP contribution in [-0.4, -0.2) is 59.8 Å². The van der Waals surface area contributed by atoms with Crippen molar-refractivity contribution >= 4 is 41.3 Å². The number of hydrogen-bond donors (Lipinski definition) is 3. The Kier molecular flexibility index (Phi) is 11.0. The molecule has 1 unspecified atom stereocenters. The normalized spacial score (nSPS) is 15.2. The van der Waals surface area contributed by atoms with Crippen molar-refractivity contribution in [2.75, 3.05) is 32.7 Å². The number of aliphatic hydroxyl groups is 1. The lowest BCUT2D eigenvalue weighted by Crippen LogP contribution is -2.40. The predicted octanol–water partition coefficient (Wildman–Crippen LogP) is 2.84. The number of aliphatic hydroxyl groups excluding tert-OH is 1. The average Bonchev–Trinajstić information content (AvgIpc) is 3.20. The Labute approximate surface area is 201 Å². The number of hydrogen-bond acceptors (Lipinski definition) is 5. The summed E-state index contributed by atoms with van der Waals surface area (Å²) in [5, 5.41) is 18.2. The first-order valence-corrected chi connectivity index (χ1v) is 11.4. The van der Waals surface area contributed by atoms with Crippen molar-refractivity contribution in [2.45, 2.75) is 45.8 Å². The number of fused-ring (bicyclic) bond motifs is 1. The van der Waals surface area contributed by atoms with Crippen LogP contribution in [0, 0.1) is 0 Å². The van der Waals surface area contributed by atoms with Gasteiger partial charge < -0.3 is 15.7 Å². The summed E-state index contributed by atoms with van der Waals surface area (Å²) >= 11 is 1.77. The number of aliphatic imine (C=N–C) groups is 1. The van der Waals surface area contributed by atoms with Crippen molar-refractivity contribution in [3.8, 4) is 0 Å². The number of benzene rings is 1. The minimum Gasteiger partial charge on any atom is -0.390 e. The highest BCUT2D eigenvalue weighted by molar-refractivity contribution is 14.0. The van der Waals surface area contributed by atoms with Gasteiger partial charge in [0.25, 0.3) is 0 Å². The average molecular weight is 544 g/mol. The van der Waals surface area contributed by atoms with Crippen LogP contribution in [-0.2, 0) is 25.8 Å². The van der Waals surface area contributed by atoms with E-state index in [1.54, 1.807) is 11.3 Å². The standard InChI is InChI=1S/C22H33N5OS.HI/c1-3-20-14-25-21(29-20)9-11-24-22(23-4-2)26-13-19(28)16-27-12-10-17-7-5-6-8-18(17)15-27;/h5-8,14,19,28H,3-4,9-13,15-16H2,1-2H3,(H2,23,24,26);1H. The van der Waals surface area contributed by atoms with E-state index in [0.717, 1.165) is 56.4 Å². The Morgan fingerprint density at radius 1 is 1.27 bits per heavy atom. The lowest BCUT2D eigenvalue weighted by molar-refractivity contribution is 0.111. The van der Waals surface area contributed by atoms with Gasteiger partial charge in [0.05, 0.1) is 17.7 Å². The third-order valence-corrected chi connectivity index (χ3v) is 6.27. The smallest absolute Gasteiger partial charge is 0.191 e. The van der Waals surface area contributed by atoms with Crippen LogP contribution in [0.3, 0.4) is 0 Å². The summed E-state index contributed by atoms with van der Waals surface area (Å²) in [6.45, 7) is 8.71. The molecule has 0 amide bonds. The summed E-state index contributed by atoms with van der Waals surface area (Å²) in [7, 11) is 0. The molecule has 1 atom stereocenters. The van der Waals surface area contributed by atoms with E-state index in [1.807, 2.05) is 13.1 Å². The van der Waals surface area contributed by atoms with Gasteiger partial charge in [-0.1, -0.05) is 31.2 Å². The summed E-state index contributed by atoms with van der Waals surface area (Å²) in [6.07, 6.45) is 4.46. The molecule has 1 aliphatic heterocycles. The van der Waals surface area contributed by atoms with E-state index in [2.05, 4.69) is 56.7 Å². The monoisotopic (exact) mass is 543 g/mol. The van der Waals surface area contributed by atoms with E-state index < -0.39 is 6.10 Å². The molecular formula is C22H34IN5OS. The Morgan fingerprint density at radius 3 is 2.80 bits per heavy atom. The Balaban J connectivity index is 0.00000320. The first-order valence-electron chi connectivity index (χ1n) is 10.6. The first kappa shape index (κ1) is 25.0. The van der Waals surface area contributed by atoms with Crippen molar-refractivity contribution in [3.05, 3.63) is 51.5 Å². The number of aryl methyl sites for hydroxylation is 1. The Bertz CT molecular complexity index is 797. The van der Waals surface area contributed by atoms with Gasteiger partial charge in [-0.25, -0.2) is 4.98 Å². The van der Waals surface area contributed by atoms with Crippen LogP contribution in [0.4, 0.5) is 0 Å². The summed E-state index contributed by atoms with van der Waals surface area (Å²) in [6, 6.07) is 8.58. The molecule has 1 aromatic heterocycles. The van der Waals surface area contributed by atoms with Crippen LogP contribution in [0.5, 0.6) is 0 Å². The van der Waals surface area contributed by atoms with Crippen molar-refractivity contribution in [2.24, 2.45) is 4.99 Å². The number of thiazole rings is 1. The fraction of sp³-hybridized carbons (Fsp3) is 0.545. The lowest BCUT2D eigenvalue weighted by Gasteiger charge is -2.30. The molecule has 0 fully saturated rings. The molecule has 3 rings (SSSR count). The molecule has 1 aliphatic rings. The van der Waals surface area contributed by atoms with Gasteiger partial charge in [0.15, 0.2) is 5.96 Å². The largest absolute Gasteiger partial charge is 0.390 e. The highest BCUT2D eigenvalue weighted by atomic mass is 127. The number of nitrogens with one attached hydrogen (secondary N) is 2. The number of rotatable bonds is 9. The number of guanidine groups is 1. The number of nitrogens with zero attached hydrogens (tertiary/aromatic N) is 3. The molecule has 0 spiro atoms. The zero-order valence-corrected chi connectivity index (χ0v) is 21.1. The van der Waals surface area contributed by atoms with Gasteiger partial charge in [0.1, 0.15) is 0 Å². The molecule has 0 radical (unpaired) electrons. The van der Waals surface area contributed by atoms with Crippen molar-refractivity contribution < 1.29 is 5.11 Å². The number of β-amino-alcohol motifs (C(OH)–C–C–N with tert-alkyl or cyclic N) is 1. The Morgan fingerprint density at radius 2 is 2.07 bits per heavy atom. The molecule has 8 heteroatoms. The third-order valence-electron chi connectivity index (χ3n) is 5.06. The minimum atomic E-state index is -0.471. The number of aromatic nitrogens is 1. The van der Waals surface area contributed by atoms with Crippen molar-refractivity contribution in [1.82, 2.24) is 20.5 Å². The van der Waals surface area contributed by atoms with Crippen LogP contribution in [0.15, 0.2) is 35.5 Å². The second kappa shape index (κ2) is 13.2. The summed E-state index contributed by atoms with van der Waals surface area (Å²) < 4.78 is 0. The third kappa shape index (κ3) is 7.79. The quantitative estimate of drug-likeness (QED) is 0.258. The molecule has 0 bridgehead atoms. The van der Waals surface area contributed by atoms with Crippen LogP contribution < -0.4 is 10.6 Å². The minimum absolute atomic E-state index is 0. The van der Waals surface area contributed by atoms with E-state index in [4.69, 9.17) is 0 Å². The molecule has 1 aromatic carbocycles. The van der Waals surface area contributed by atoms with Crippen LogP contribution >= 0.6 is 35.3 Å². The lowest BCUT2D eigenvalue weighted by atomic mass is 10.00. The van der Waals surface area contributed by atoms with Gasteiger partial charge in [-0.05, 0) is 30.9 Å². The maximum Gasteiger partial charge on any atom is 0.191 e. The van der Waals surface area contributed by atoms with Gasteiger partial charge in [-0.2, -0.15) is 0 Å². The molecular weight excluding hydrogens is 509 g/mol. The van der Waals surface area contributed by atoms with E-state index >= 15 is 0 Å². The summed E-state index contributed by atoms with van der Waals surface area (Å²) in [4.78, 5) is 12.7. The van der Waals surface area contributed by atoms with Crippen LogP contribution in [0.25, 0.3) is 0 Å². The molecule has 0 saturated heterocycles. The molecule has 6 nitrogen and oxygen atoms in total. The predicted molar refractivity (Wildman–Crippen MR) is 136 cm³/mol. The second-order valence-electron chi connectivity index (χ2n) is 7.38. The van der Waals surface area contributed by atoms with E-state index in [9.17, 15) is 5.11 Å². The molecule has 0 saturated carbocycles. The molecule has 2 aromatic rings. The van der Waals surface area contributed by atoms with Gasteiger partial charge in [0, 0.05) is 50.2 Å². The zero-order valence-electron chi connectivity index (χ0n) is 17.9. The fourth-order valence-electron chi connectivity index (χ4n) is 3.52. The van der Waals surface area contributed by atoms with Crippen molar-refractivity contribution in [1.29, 1.82) is 0 Å². The first-order chi connectivity index (χ1) is 14.2. The highest BCUT2D eigenvalue weighted by Crippen LogP contribution is 2.18.